The van der Waals surface area contributed by atoms with E-state index in [1.165, 1.54) is 5.69 Å². The molecule has 0 radical (unpaired) electrons. The maximum absolute atomic E-state index is 4.72. The Morgan fingerprint density at radius 1 is 1.00 bits per heavy atom. The highest BCUT2D eigenvalue weighted by Gasteiger charge is 2.21. The molecule has 4 nitrogen and oxygen atoms in total. The average Bonchev–Trinajstić information content (AvgIpc) is 2.69. The summed E-state index contributed by atoms with van der Waals surface area (Å²) in [6.45, 7) is 4.39. The van der Waals surface area contributed by atoms with Gasteiger partial charge in [0.2, 0.25) is 0 Å². The van der Waals surface area contributed by atoms with Crippen molar-refractivity contribution >= 4 is 16.7 Å². The van der Waals surface area contributed by atoms with Crippen LogP contribution in [-0.4, -0.2) is 29.1 Å². The van der Waals surface area contributed by atoms with E-state index in [2.05, 4.69) is 70.7 Å². The molecule has 25 heavy (non-hydrogen) atoms. The van der Waals surface area contributed by atoms with Gasteiger partial charge in [0.15, 0.2) is 5.65 Å². The lowest BCUT2D eigenvalue weighted by atomic mass is 10.0. The van der Waals surface area contributed by atoms with E-state index in [1.807, 2.05) is 6.07 Å². The fraction of sp³-hybridized carbons (Fsp3) is 0.333. The first-order chi connectivity index (χ1) is 12.3. The van der Waals surface area contributed by atoms with Gasteiger partial charge < -0.3 is 10.2 Å². The molecular weight excluding hydrogens is 308 g/mol. The largest absolute Gasteiger partial charge is 0.371 e. The Labute approximate surface area is 148 Å². The molecule has 0 aliphatic carbocycles. The summed E-state index contributed by atoms with van der Waals surface area (Å²) in [7, 11) is 0. The summed E-state index contributed by atoms with van der Waals surface area (Å²) in [5.74, 6) is 0. The van der Waals surface area contributed by atoms with Crippen LogP contribution in [0.4, 0.5) is 5.69 Å². The molecule has 3 aromatic rings. The third-order valence-electron chi connectivity index (χ3n) is 5.03. The Bertz CT molecular complexity index is 825. The van der Waals surface area contributed by atoms with Crippen LogP contribution in [0.5, 0.6) is 0 Å². The second kappa shape index (κ2) is 7.19. The minimum atomic E-state index is 0.236. The van der Waals surface area contributed by atoms with Crippen molar-refractivity contribution in [2.24, 2.45) is 0 Å². The Morgan fingerprint density at radius 3 is 2.60 bits per heavy atom. The third-order valence-corrected chi connectivity index (χ3v) is 5.03. The minimum Gasteiger partial charge on any atom is -0.371 e. The highest BCUT2D eigenvalue weighted by molar-refractivity contribution is 5.74. The molecule has 4 rings (SSSR count). The molecule has 2 aromatic heterocycles. The van der Waals surface area contributed by atoms with Crippen molar-refractivity contribution in [2.45, 2.75) is 31.8 Å². The Balaban J connectivity index is 1.37. The number of nitrogens with zero attached hydrogens (tertiary/aromatic N) is 3. The molecule has 1 aromatic carbocycles. The summed E-state index contributed by atoms with van der Waals surface area (Å²) in [4.78, 5) is 11.6. The summed E-state index contributed by atoms with van der Waals surface area (Å²) in [6.07, 6.45) is 4.12. The smallest absolute Gasteiger partial charge is 0.159 e. The quantitative estimate of drug-likeness (QED) is 0.785. The van der Waals surface area contributed by atoms with E-state index in [1.54, 1.807) is 6.20 Å². The zero-order valence-corrected chi connectivity index (χ0v) is 14.6. The Hall–Kier alpha value is -2.46. The Morgan fingerprint density at radius 2 is 1.80 bits per heavy atom. The standard InChI is InChI=1S/C21H24N4/c1-16(20-10-9-17-6-5-13-22-21(17)24-20)23-18-11-14-25(15-12-18)19-7-3-2-4-8-19/h2-10,13,16,18,23H,11-12,14-15H2,1H3. The van der Waals surface area contributed by atoms with E-state index in [0.29, 0.717) is 6.04 Å². The molecule has 1 unspecified atom stereocenters. The number of piperidine rings is 1. The lowest BCUT2D eigenvalue weighted by Crippen LogP contribution is -2.43. The SMILES string of the molecule is CC(NC1CCN(c2ccccc2)CC1)c1ccc2cccnc2n1. The van der Waals surface area contributed by atoms with Crippen molar-refractivity contribution in [1.29, 1.82) is 0 Å². The van der Waals surface area contributed by atoms with Crippen LogP contribution >= 0.6 is 0 Å². The summed E-state index contributed by atoms with van der Waals surface area (Å²) < 4.78 is 0. The molecule has 1 saturated heterocycles. The number of rotatable bonds is 4. The molecule has 1 atom stereocenters. The third kappa shape index (κ3) is 3.64. The highest BCUT2D eigenvalue weighted by atomic mass is 15.1. The summed E-state index contributed by atoms with van der Waals surface area (Å²) >= 11 is 0. The average molecular weight is 332 g/mol. The molecule has 0 bridgehead atoms. The molecule has 1 fully saturated rings. The van der Waals surface area contributed by atoms with Crippen molar-refractivity contribution in [3.8, 4) is 0 Å². The molecule has 0 saturated carbocycles. The summed E-state index contributed by atoms with van der Waals surface area (Å²) in [5, 5.41) is 4.85. The first kappa shape index (κ1) is 16.0. The van der Waals surface area contributed by atoms with Crippen LogP contribution in [0.1, 0.15) is 31.5 Å². The lowest BCUT2D eigenvalue weighted by Gasteiger charge is -2.35. The van der Waals surface area contributed by atoms with Crippen LogP contribution < -0.4 is 10.2 Å². The Kier molecular flexibility index (Phi) is 4.61. The van der Waals surface area contributed by atoms with Gasteiger partial charge in [-0.2, -0.15) is 0 Å². The van der Waals surface area contributed by atoms with E-state index in [-0.39, 0.29) is 6.04 Å². The van der Waals surface area contributed by atoms with E-state index < -0.39 is 0 Å². The molecular formula is C21H24N4. The van der Waals surface area contributed by atoms with Gasteiger partial charge in [0.1, 0.15) is 0 Å². The molecule has 0 spiro atoms. The predicted molar refractivity (Wildman–Crippen MR) is 103 cm³/mol. The van der Waals surface area contributed by atoms with Gasteiger partial charge in [0.05, 0.1) is 5.69 Å². The molecule has 1 aliphatic heterocycles. The minimum absolute atomic E-state index is 0.236. The van der Waals surface area contributed by atoms with Crippen LogP contribution in [0.25, 0.3) is 11.0 Å². The van der Waals surface area contributed by atoms with Gasteiger partial charge in [-0.05, 0) is 56.2 Å². The van der Waals surface area contributed by atoms with Crippen molar-refractivity contribution in [3.63, 3.8) is 0 Å². The number of hydrogen-bond donors (Lipinski definition) is 1. The van der Waals surface area contributed by atoms with E-state index in [4.69, 9.17) is 4.98 Å². The van der Waals surface area contributed by atoms with Gasteiger partial charge in [0, 0.05) is 42.4 Å². The zero-order valence-electron chi connectivity index (χ0n) is 14.6. The van der Waals surface area contributed by atoms with Crippen molar-refractivity contribution in [3.05, 3.63) is 66.5 Å². The van der Waals surface area contributed by atoms with E-state index in [0.717, 1.165) is 42.7 Å². The summed E-state index contributed by atoms with van der Waals surface area (Å²) in [6, 6.07) is 19.7. The number of pyridine rings is 2. The van der Waals surface area contributed by atoms with E-state index in [9.17, 15) is 0 Å². The van der Waals surface area contributed by atoms with Crippen molar-refractivity contribution in [2.75, 3.05) is 18.0 Å². The maximum Gasteiger partial charge on any atom is 0.159 e. The number of hydrogen-bond acceptors (Lipinski definition) is 4. The number of para-hydroxylation sites is 1. The number of benzene rings is 1. The molecule has 1 N–H and O–H groups in total. The molecule has 4 heteroatoms. The van der Waals surface area contributed by atoms with Gasteiger partial charge in [-0.1, -0.05) is 18.2 Å². The molecule has 128 valence electrons. The fourth-order valence-corrected chi connectivity index (χ4v) is 3.59. The molecule has 1 aliphatic rings. The van der Waals surface area contributed by atoms with Crippen molar-refractivity contribution < 1.29 is 0 Å². The van der Waals surface area contributed by atoms with Crippen LogP contribution in [0.3, 0.4) is 0 Å². The van der Waals surface area contributed by atoms with Gasteiger partial charge in [-0.3, -0.25) is 0 Å². The topological polar surface area (TPSA) is 41.0 Å². The lowest BCUT2D eigenvalue weighted by molar-refractivity contribution is 0.378. The first-order valence-electron chi connectivity index (χ1n) is 9.07. The predicted octanol–water partition coefficient (Wildman–Crippen LogP) is 3.95. The van der Waals surface area contributed by atoms with E-state index >= 15 is 0 Å². The molecule has 3 heterocycles. The summed E-state index contributed by atoms with van der Waals surface area (Å²) in [5.41, 5.74) is 3.22. The number of fused-ring (bicyclic) bond motifs is 1. The van der Waals surface area contributed by atoms with Crippen LogP contribution in [0.15, 0.2) is 60.8 Å². The van der Waals surface area contributed by atoms with Crippen molar-refractivity contribution in [1.82, 2.24) is 15.3 Å². The van der Waals surface area contributed by atoms with Gasteiger partial charge in [-0.15, -0.1) is 0 Å². The van der Waals surface area contributed by atoms with Crippen LogP contribution in [-0.2, 0) is 0 Å². The number of nitrogens with one attached hydrogen (secondary N) is 1. The van der Waals surface area contributed by atoms with Gasteiger partial charge >= 0.3 is 0 Å². The first-order valence-corrected chi connectivity index (χ1v) is 9.07. The van der Waals surface area contributed by atoms with Gasteiger partial charge in [-0.25, -0.2) is 9.97 Å². The highest BCUT2D eigenvalue weighted by Crippen LogP contribution is 2.22. The number of anilines is 1. The number of aromatic nitrogens is 2. The monoisotopic (exact) mass is 332 g/mol. The van der Waals surface area contributed by atoms with Gasteiger partial charge in [0.25, 0.3) is 0 Å². The fourth-order valence-electron chi connectivity index (χ4n) is 3.59. The second-order valence-electron chi connectivity index (χ2n) is 6.77. The van der Waals surface area contributed by atoms with Crippen LogP contribution in [0, 0.1) is 0 Å². The normalized spacial score (nSPS) is 16.9. The van der Waals surface area contributed by atoms with Crippen LogP contribution in [0.2, 0.25) is 0 Å². The zero-order chi connectivity index (χ0) is 17.1. The maximum atomic E-state index is 4.72. The second-order valence-corrected chi connectivity index (χ2v) is 6.77. The molecule has 0 amide bonds.